The first kappa shape index (κ1) is 20.2. The smallest absolute Gasteiger partial charge is 0.348 e. The number of para-hydroxylation sites is 1. The lowest BCUT2D eigenvalue weighted by molar-refractivity contribution is 0.0601. The first-order chi connectivity index (χ1) is 12.9. The fourth-order valence-electron chi connectivity index (χ4n) is 2.47. The minimum atomic E-state index is -0.674. The fourth-order valence-corrected chi connectivity index (χ4v) is 3.58. The van der Waals surface area contributed by atoms with E-state index in [9.17, 15) is 14.4 Å². The minimum Gasteiger partial charge on any atom is -0.493 e. The molecule has 0 saturated carbocycles. The SMILES string of the molecule is COC(=O)c1sc(NC(=O)c2cccc(OC)c2OC)c(C(=O)OC)c1C. The molecule has 9 heteroatoms. The molecule has 0 atom stereocenters. The fraction of sp³-hybridized carbons (Fsp3) is 0.278. The number of hydrogen-bond acceptors (Lipinski definition) is 8. The van der Waals surface area contributed by atoms with Crippen molar-refractivity contribution in [3.05, 3.63) is 39.8 Å². The third kappa shape index (κ3) is 3.87. The third-order valence-corrected chi connectivity index (χ3v) is 4.97. The lowest BCUT2D eigenvalue weighted by atomic mass is 10.1. The van der Waals surface area contributed by atoms with E-state index in [-0.39, 0.29) is 26.8 Å². The van der Waals surface area contributed by atoms with E-state index in [1.165, 1.54) is 28.4 Å². The van der Waals surface area contributed by atoms with Crippen LogP contribution >= 0.6 is 11.3 Å². The van der Waals surface area contributed by atoms with Gasteiger partial charge in [-0.1, -0.05) is 6.07 Å². The van der Waals surface area contributed by atoms with Crippen LogP contribution < -0.4 is 14.8 Å². The van der Waals surface area contributed by atoms with E-state index >= 15 is 0 Å². The summed E-state index contributed by atoms with van der Waals surface area (Å²) in [6, 6.07) is 4.84. The van der Waals surface area contributed by atoms with Crippen molar-refractivity contribution in [2.45, 2.75) is 6.92 Å². The van der Waals surface area contributed by atoms with Crippen molar-refractivity contribution in [1.29, 1.82) is 0 Å². The molecular weight excluding hydrogens is 374 g/mol. The maximum atomic E-state index is 12.8. The van der Waals surface area contributed by atoms with E-state index in [1.54, 1.807) is 25.1 Å². The molecule has 0 saturated heterocycles. The van der Waals surface area contributed by atoms with Crippen molar-refractivity contribution in [3.63, 3.8) is 0 Å². The van der Waals surface area contributed by atoms with Gasteiger partial charge in [-0.05, 0) is 24.6 Å². The van der Waals surface area contributed by atoms with E-state index in [0.717, 1.165) is 11.3 Å². The molecule has 2 aromatic rings. The lowest BCUT2D eigenvalue weighted by Crippen LogP contribution is -2.15. The van der Waals surface area contributed by atoms with Gasteiger partial charge in [-0.15, -0.1) is 11.3 Å². The van der Waals surface area contributed by atoms with Gasteiger partial charge in [0.05, 0.1) is 39.6 Å². The number of anilines is 1. The number of thiophene rings is 1. The molecule has 8 nitrogen and oxygen atoms in total. The normalized spacial score (nSPS) is 10.1. The van der Waals surface area contributed by atoms with Crippen LogP contribution in [0.4, 0.5) is 5.00 Å². The van der Waals surface area contributed by atoms with Crippen molar-refractivity contribution in [2.24, 2.45) is 0 Å². The second-order valence-corrected chi connectivity index (χ2v) is 6.26. The second-order valence-electron chi connectivity index (χ2n) is 5.24. The summed E-state index contributed by atoms with van der Waals surface area (Å²) in [7, 11) is 5.33. The van der Waals surface area contributed by atoms with Crippen LogP contribution in [0.2, 0.25) is 0 Å². The number of nitrogens with one attached hydrogen (secondary N) is 1. The van der Waals surface area contributed by atoms with Gasteiger partial charge in [0.25, 0.3) is 5.91 Å². The van der Waals surface area contributed by atoms with Crippen LogP contribution in [0, 0.1) is 6.92 Å². The highest BCUT2D eigenvalue weighted by Gasteiger charge is 2.27. The molecule has 0 bridgehead atoms. The van der Waals surface area contributed by atoms with Crippen molar-refractivity contribution >= 4 is 34.2 Å². The molecule has 0 unspecified atom stereocenters. The highest BCUT2D eigenvalue weighted by molar-refractivity contribution is 7.18. The first-order valence-corrected chi connectivity index (χ1v) is 8.53. The van der Waals surface area contributed by atoms with Gasteiger partial charge in [0.1, 0.15) is 9.88 Å². The summed E-state index contributed by atoms with van der Waals surface area (Å²) < 4.78 is 19.9. The summed E-state index contributed by atoms with van der Waals surface area (Å²) in [5, 5.41) is 2.82. The van der Waals surface area contributed by atoms with Gasteiger partial charge in [0, 0.05) is 0 Å². The Morgan fingerprint density at radius 3 is 2.19 bits per heavy atom. The number of hydrogen-bond donors (Lipinski definition) is 1. The molecule has 27 heavy (non-hydrogen) atoms. The van der Waals surface area contributed by atoms with Gasteiger partial charge >= 0.3 is 11.9 Å². The number of carbonyl (C=O) groups excluding carboxylic acids is 3. The molecule has 0 aliphatic rings. The predicted octanol–water partition coefficient (Wildman–Crippen LogP) is 2.90. The number of ether oxygens (including phenoxy) is 4. The topological polar surface area (TPSA) is 100 Å². The maximum absolute atomic E-state index is 12.8. The maximum Gasteiger partial charge on any atom is 0.348 e. The van der Waals surface area contributed by atoms with Gasteiger partial charge < -0.3 is 24.3 Å². The van der Waals surface area contributed by atoms with Gasteiger partial charge in [0.15, 0.2) is 11.5 Å². The summed E-state index contributed by atoms with van der Waals surface area (Å²) >= 11 is 0.930. The van der Waals surface area contributed by atoms with Crippen LogP contribution in [-0.4, -0.2) is 46.3 Å². The van der Waals surface area contributed by atoms with E-state index in [2.05, 4.69) is 5.32 Å². The number of methoxy groups -OCH3 is 4. The Morgan fingerprint density at radius 2 is 1.63 bits per heavy atom. The molecule has 0 aliphatic heterocycles. The highest BCUT2D eigenvalue weighted by atomic mass is 32.1. The number of benzene rings is 1. The van der Waals surface area contributed by atoms with E-state index in [4.69, 9.17) is 18.9 Å². The number of esters is 2. The summed E-state index contributed by atoms with van der Waals surface area (Å²) in [5.41, 5.74) is 0.669. The van der Waals surface area contributed by atoms with Crippen LogP contribution in [0.1, 0.15) is 36.0 Å². The Morgan fingerprint density at radius 1 is 0.963 bits per heavy atom. The van der Waals surface area contributed by atoms with Crippen LogP contribution in [-0.2, 0) is 9.47 Å². The molecule has 1 aromatic heterocycles. The molecule has 1 N–H and O–H groups in total. The lowest BCUT2D eigenvalue weighted by Gasteiger charge is -2.12. The zero-order chi connectivity index (χ0) is 20.1. The second kappa shape index (κ2) is 8.54. The monoisotopic (exact) mass is 393 g/mol. The molecule has 2 rings (SSSR count). The average Bonchev–Trinajstić information content (AvgIpc) is 3.01. The van der Waals surface area contributed by atoms with E-state index < -0.39 is 17.8 Å². The Balaban J connectivity index is 2.49. The van der Waals surface area contributed by atoms with Crippen LogP contribution in [0.3, 0.4) is 0 Å². The van der Waals surface area contributed by atoms with Gasteiger partial charge in [0.2, 0.25) is 0 Å². The van der Waals surface area contributed by atoms with Crippen LogP contribution in [0.5, 0.6) is 11.5 Å². The molecule has 1 heterocycles. The Kier molecular flexibility index (Phi) is 6.40. The Hall–Kier alpha value is -3.07. The third-order valence-electron chi connectivity index (χ3n) is 3.78. The molecular formula is C18H19NO7S. The van der Waals surface area contributed by atoms with Crippen molar-refractivity contribution < 1.29 is 33.3 Å². The van der Waals surface area contributed by atoms with Crippen molar-refractivity contribution in [3.8, 4) is 11.5 Å². The molecule has 144 valence electrons. The number of carbonyl (C=O) groups is 3. The number of rotatable bonds is 6. The Labute approximate surface area is 160 Å². The van der Waals surface area contributed by atoms with Crippen molar-refractivity contribution in [2.75, 3.05) is 33.8 Å². The molecule has 1 amide bonds. The zero-order valence-corrected chi connectivity index (χ0v) is 16.3. The Bertz CT molecular complexity index is 888. The summed E-state index contributed by atoms with van der Waals surface area (Å²) in [6.45, 7) is 1.58. The molecule has 0 aliphatic carbocycles. The number of amides is 1. The summed E-state index contributed by atoms with van der Waals surface area (Å²) in [5.74, 6) is -1.18. The van der Waals surface area contributed by atoms with Crippen molar-refractivity contribution in [1.82, 2.24) is 0 Å². The molecule has 0 spiro atoms. The van der Waals surface area contributed by atoms with Crippen LogP contribution in [0.15, 0.2) is 18.2 Å². The predicted molar refractivity (Wildman–Crippen MR) is 99.2 cm³/mol. The summed E-state index contributed by atoms with van der Waals surface area (Å²) in [4.78, 5) is 37.1. The van der Waals surface area contributed by atoms with Gasteiger partial charge in [-0.2, -0.15) is 0 Å². The van der Waals surface area contributed by atoms with Crippen LogP contribution in [0.25, 0.3) is 0 Å². The summed E-state index contributed by atoms with van der Waals surface area (Å²) in [6.07, 6.45) is 0. The molecule has 1 aromatic carbocycles. The quantitative estimate of drug-likeness (QED) is 0.753. The average molecular weight is 393 g/mol. The van der Waals surface area contributed by atoms with E-state index in [0.29, 0.717) is 11.3 Å². The minimum absolute atomic E-state index is 0.0955. The zero-order valence-electron chi connectivity index (χ0n) is 15.5. The van der Waals surface area contributed by atoms with Gasteiger partial charge in [-0.3, -0.25) is 4.79 Å². The van der Waals surface area contributed by atoms with E-state index in [1.807, 2.05) is 0 Å². The molecule has 0 fully saturated rings. The largest absolute Gasteiger partial charge is 0.493 e. The first-order valence-electron chi connectivity index (χ1n) is 7.71. The molecule has 0 radical (unpaired) electrons. The van der Waals surface area contributed by atoms with Gasteiger partial charge in [-0.25, -0.2) is 9.59 Å². The highest BCUT2D eigenvalue weighted by Crippen LogP contribution is 2.36. The standard InChI is InChI=1S/C18H19NO7S/c1-9-12(17(21)25-4)16(27-14(9)18(22)26-5)19-15(20)10-7-6-8-11(23-2)13(10)24-3/h6-8H,1-5H3,(H,19,20).